The molecule has 0 spiro atoms. The van der Waals surface area contributed by atoms with Gasteiger partial charge in [-0.2, -0.15) is 0 Å². The van der Waals surface area contributed by atoms with Crippen molar-refractivity contribution in [3.05, 3.63) is 64.2 Å². The Morgan fingerprint density at radius 1 is 1.19 bits per heavy atom. The molecule has 146 valence electrons. The molecule has 1 atom stereocenters. The normalized spacial score (nSPS) is 12.5. The Balaban J connectivity index is 2.22. The van der Waals surface area contributed by atoms with Crippen LogP contribution in [-0.2, 0) is 14.8 Å². The largest absolute Gasteiger partial charge is 0.348 e. The second kappa shape index (κ2) is 8.76. The molecule has 0 bridgehead atoms. The fourth-order valence-corrected chi connectivity index (χ4v) is 4.05. The number of anilines is 1. The molecule has 1 N–H and O–H groups in total. The molecule has 27 heavy (non-hydrogen) atoms. The number of sulfonamides is 1. The molecule has 2 aromatic carbocycles. The van der Waals surface area contributed by atoms with Gasteiger partial charge in [-0.05, 0) is 49.6 Å². The number of nitrogens with one attached hydrogen (secondary N) is 1. The number of halogens is 1. The maximum atomic E-state index is 12.6. The molecule has 0 aromatic heterocycles. The first kappa shape index (κ1) is 21.3. The molecule has 2 aromatic rings. The summed E-state index contributed by atoms with van der Waals surface area (Å²) in [5.74, 6) is -0.368. The van der Waals surface area contributed by atoms with E-state index in [1.807, 2.05) is 32.9 Å². The van der Waals surface area contributed by atoms with Crippen LogP contribution in [0.2, 0.25) is 5.02 Å². The molecule has 7 heteroatoms. The summed E-state index contributed by atoms with van der Waals surface area (Å²) in [6, 6.07) is 12.3. The Hall–Kier alpha value is -2.05. The highest BCUT2D eigenvalue weighted by Crippen LogP contribution is 2.23. The number of rotatable bonds is 7. The highest BCUT2D eigenvalue weighted by molar-refractivity contribution is 7.92. The van der Waals surface area contributed by atoms with Crippen molar-refractivity contribution in [2.75, 3.05) is 17.1 Å². The van der Waals surface area contributed by atoms with Crippen molar-refractivity contribution < 1.29 is 13.2 Å². The van der Waals surface area contributed by atoms with Crippen molar-refractivity contribution in [2.45, 2.75) is 33.2 Å². The van der Waals surface area contributed by atoms with Gasteiger partial charge in [0, 0.05) is 5.02 Å². The van der Waals surface area contributed by atoms with E-state index in [1.165, 1.54) is 6.07 Å². The minimum Gasteiger partial charge on any atom is -0.348 e. The lowest BCUT2D eigenvalue weighted by atomic mass is 9.97. The van der Waals surface area contributed by atoms with Crippen LogP contribution >= 0.6 is 11.6 Å². The lowest BCUT2D eigenvalue weighted by Crippen LogP contribution is -2.41. The van der Waals surface area contributed by atoms with E-state index in [4.69, 9.17) is 11.6 Å². The molecule has 0 saturated carbocycles. The Labute approximate surface area is 166 Å². The van der Waals surface area contributed by atoms with Crippen molar-refractivity contribution in [1.29, 1.82) is 0 Å². The number of carbonyl (C=O) groups excluding carboxylic acids is 1. The number of benzene rings is 2. The summed E-state index contributed by atoms with van der Waals surface area (Å²) in [5.41, 5.74) is 3.64. The van der Waals surface area contributed by atoms with Crippen molar-refractivity contribution in [1.82, 2.24) is 5.32 Å². The number of carbonyl (C=O) groups is 1. The van der Waals surface area contributed by atoms with Gasteiger partial charge in [0.25, 0.3) is 0 Å². The van der Waals surface area contributed by atoms with Gasteiger partial charge in [-0.15, -0.1) is 0 Å². The number of hydrogen-bond acceptors (Lipinski definition) is 3. The number of hydrogen-bond donors (Lipinski definition) is 1. The maximum absolute atomic E-state index is 12.6. The van der Waals surface area contributed by atoms with E-state index in [0.29, 0.717) is 17.1 Å². The van der Waals surface area contributed by atoms with Crippen LogP contribution in [0.5, 0.6) is 0 Å². The highest BCUT2D eigenvalue weighted by atomic mass is 35.5. The molecule has 0 aliphatic heterocycles. The standard InChI is InChI=1S/C20H25ClN2O3S/c1-5-19(18-10-9-14(2)11-15(18)3)22-20(24)13-23(27(4,25)26)17-8-6-7-16(21)12-17/h6-12,19H,5,13H2,1-4H3,(H,22,24). The van der Waals surface area contributed by atoms with Gasteiger partial charge >= 0.3 is 0 Å². The Bertz CT molecular complexity index is 929. The topological polar surface area (TPSA) is 66.5 Å². The van der Waals surface area contributed by atoms with Crippen LogP contribution in [0, 0.1) is 13.8 Å². The molecule has 1 amide bonds. The predicted molar refractivity (Wildman–Crippen MR) is 111 cm³/mol. The van der Waals surface area contributed by atoms with Gasteiger partial charge in [-0.3, -0.25) is 9.10 Å². The van der Waals surface area contributed by atoms with Crippen molar-refractivity contribution >= 4 is 33.2 Å². The van der Waals surface area contributed by atoms with Crippen LogP contribution in [0.25, 0.3) is 0 Å². The number of amides is 1. The quantitative estimate of drug-likeness (QED) is 0.753. The third-order valence-electron chi connectivity index (χ3n) is 4.33. The van der Waals surface area contributed by atoms with E-state index >= 15 is 0 Å². The van der Waals surface area contributed by atoms with Gasteiger partial charge in [0.1, 0.15) is 6.54 Å². The van der Waals surface area contributed by atoms with Crippen LogP contribution in [0.15, 0.2) is 42.5 Å². The smallest absolute Gasteiger partial charge is 0.241 e. The highest BCUT2D eigenvalue weighted by Gasteiger charge is 2.23. The van der Waals surface area contributed by atoms with E-state index in [9.17, 15) is 13.2 Å². The molecule has 0 aliphatic carbocycles. The van der Waals surface area contributed by atoms with E-state index in [0.717, 1.165) is 27.3 Å². The first-order valence-electron chi connectivity index (χ1n) is 8.71. The van der Waals surface area contributed by atoms with Crippen molar-refractivity contribution in [3.63, 3.8) is 0 Å². The third-order valence-corrected chi connectivity index (χ3v) is 5.70. The van der Waals surface area contributed by atoms with Crippen LogP contribution in [-0.4, -0.2) is 27.1 Å². The zero-order valence-corrected chi connectivity index (χ0v) is 17.6. The average molecular weight is 409 g/mol. The maximum Gasteiger partial charge on any atom is 0.241 e. The average Bonchev–Trinajstić information content (AvgIpc) is 2.57. The zero-order chi connectivity index (χ0) is 20.2. The lowest BCUT2D eigenvalue weighted by Gasteiger charge is -2.25. The SMILES string of the molecule is CCC(NC(=O)CN(c1cccc(Cl)c1)S(C)(=O)=O)c1ccc(C)cc1C. The van der Waals surface area contributed by atoms with Crippen LogP contribution in [0.3, 0.4) is 0 Å². The Morgan fingerprint density at radius 3 is 2.44 bits per heavy atom. The third kappa shape index (κ3) is 5.71. The monoisotopic (exact) mass is 408 g/mol. The Kier molecular flexibility index (Phi) is 6.89. The van der Waals surface area contributed by atoms with E-state index in [2.05, 4.69) is 11.4 Å². The predicted octanol–water partition coefficient (Wildman–Crippen LogP) is 3.99. The molecular formula is C20H25ClN2O3S. The molecular weight excluding hydrogens is 384 g/mol. The van der Waals surface area contributed by atoms with Crippen molar-refractivity contribution in [3.8, 4) is 0 Å². The fourth-order valence-electron chi connectivity index (χ4n) is 3.02. The molecule has 1 unspecified atom stereocenters. The summed E-state index contributed by atoms with van der Waals surface area (Å²) >= 11 is 5.97. The lowest BCUT2D eigenvalue weighted by molar-refractivity contribution is -0.120. The summed E-state index contributed by atoms with van der Waals surface area (Å²) < 4.78 is 25.5. The molecule has 0 fully saturated rings. The zero-order valence-electron chi connectivity index (χ0n) is 16.0. The van der Waals surface area contributed by atoms with E-state index in [-0.39, 0.29) is 18.5 Å². The van der Waals surface area contributed by atoms with Gasteiger partial charge < -0.3 is 5.32 Å². The molecule has 0 saturated heterocycles. The summed E-state index contributed by atoms with van der Waals surface area (Å²) in [6.07, 6.45) is 1.77. The molecule has 0 radical (unpaired) electrons. The van der Waals surface area contributed by atoms with Gasteiger partial charge in [0.15, 0.2) is 0 Å². The summed E-state index contributed by atoms with van der Waals surface area (Å²) in [6.45, 7) is 5.70. The van der Waals surface area contributed by atoms with Gasteiger partial charge in [0.05, 0.1) is 18.0 Å². The summed E-state index contributed by atoms with van der Waals surface area (Å²) in [5, 5.41) is 3.36. The fraction of sp³-hybridized carbons (Fsp3) is 0.350. The number of aryl methyl sites for hydroxylation is 2. The van der Waals surface area contributed by atoms with E-state index < -0.39 is 10.0 Å². The van der Waals surface area contributed by atoms with Crippen LogP contribution in [0.1, 0.15) is 36.1 Å². The summed E-state index contributed by atoms with van der Waals surface area (Å²) in [4.78, 5) is 12.6. The van der Waals surface area contributed by atoms with Gasteiger partial charge in [-0.1, -0.05) is 48.4 Å². The van der Waals surface area contributed by atoms with Crippen LogP contribution < -0.4 is 9.62 Å². The summed E-state index contributed by atoms with van der Waals surface area (Å²) in [7, 11) is -3.64. The minimum atomic E-state index is -3.64. The van der Waals surface area contributed by atoms with E-state index in [1.54, 1.807) is 18.2 Å². The van der Waals surface area contributed by atoms with Crippen LogP contribution in [0.4, 0.5) is 5.69 Å². The Morgan fingerprint density at radius 2 is 1.89 bits per heavy atom. The first-order valence-corrected chi connectivity index (χ1v) is 10.9. The second-order valence-electron chi connectivity index (χ2n) is 6.64. The molecule has 2 rings (SSSR count). The van der Waals surface area contributed by atoms with Gasteiger partial charge in [0.2, 0.25) is 15.9 Å². The van der Waals surface area contributed by atoms with Crippen molar-refractivity contribution in [2.24, 2.45) is 0 Å². The molecule has 0 heterocycles. The minimum absolute atomic E-state index is 0.182. The second-order valence-corrected chi connectivity index (χ2v) is 8.98. The molecule has 0 aliphatic rings. The van der Waals surface area contributed by atoms with Gasteiger partial charge in [-0.25, -0.2) is 8.42 Å². The number of nitrogens with zero attached hydrogens (tertiary/aromatic N) is 1. The first-order chi connectivity index (χ1) is 12.6. The molecule has 5 nitrogen and oxygen atoms in total.